The molecule has 130 valence electrons. The number of amides is 1. The van der Waals surface area contributed by atoms with Crippen molar-refractivity contribution in [1.82, 2.24) is 0 Å². The molecule has 0 bridgehead atoms. The average Bonchev–Trinajstić information content (AvgIpc) is 2.66. The Labute approximate surface area is 147 Å². The highest BCUT2D eigenvalue weighted by molar-refractivity contribution is 6.05. The van der Waals surface area contributed by atoms with Gasteiger partial charge in [-0.15, -0.1) is 0 Å². The zero-order chi connectivity index (χ0) is 17.6. The number of hydrogen-bond donors (Lipinski definition) is 0. The van der Waals surface area contributed by atoms with E-state index >= 15 is 0 Å². The van der Waals surface area contributed by atoms with E-state index in [0.717, 1.165) is 17.0 Å². The van der Waals surface area contributed by atoms with E-state index < -0.39 is 0 Å². The number of anilines is 1. The summed E-state index contributed by atoms with van der Waals surface area (Å²) in [5.74, 6) is 1.99. The van der Waals surface area contributed by atoms with Crippen LogP contribution >= 0.6 is 0 Å². The molecule has 1 aliphatic rings. The Morgan fingerprint density at radius 1 is 1.24 bits per heavy atom. The molecule has 0 aliphatic carbocycles. The molecule has 0 aromatic heterocycles. The number of benzene rings is 2. The molecule has 0 unspecified atom stereocenters. The highest BCUT2D eigenvalue weighted by atomic mass is 16.5. The molecule has 0 saturated heterocycles. The SMILES string of the molecule is CCOc1ccc(/C=C/C(=O)N2CCOc3ccccc32)cc1OC. The van der Waals surface area contributed by atoms with Gasteiger partial charge in [-0.2, -0.15) is 0 Å². The van der Waals surface area contributed by atoms with Gasteiger partial charge >= 0.3 is 0 Å². The van der Waals surface area contributed by atoms with Gasteiger partial charge in [0.05, 0.1) is 25.9 Å². The smallest absolute Gasteiger partial charge is 0.251 e. The number of ether oxygens (including phenoxy) is 3. The van der Waals surface area contributed by atoms with Crippen LogP contribution in [0.3, 0.4) is 0 Å². The summed E-state index contributed by atoms with van der Waals surface area (Å²) < 4.78 is 16.4. The van der Waals surface area contributed by atoms with E-state index in [4.69, 9.17) is 14.2 Å². The molecule has 0 saturated carbocycles. The summed E-state index contributed by atoms with van der Waals surface area (Å²) in [6.07, 6.45) is 3.34. The maximum absolute atomic E-state index is 12.6. The Hall–Kier alpha value is -2.95. The zero-order valence-electron chi connectivity index (χ0n) is 14.4. The fourth-order valence-electron chi connectivity index (χ4n) is 2.72. The Morgan fingerprint density at radius 2 is 2.08 bits per heavy atom. The Balaban J connectivity index is 1.77. The normalized spacial score (nSPS) is 13.3. The quantitative estimate of drug-likeness (QED) is 0.782. The zero-order valence-corrected chi connectivity index (χ0v) is 14.4. The molecule has 0 spiro atoms. The van der Waals surface area contributed by atoms with Gasteiger partial charge in [0.2, 0.25) is 0 Å². The van der Waals surface area contributed by atoms with Crippen molar-refractivity contribution in [3.63, 3.8) is 0 Å². The number of nitrogens with zero attached hydrogens (tertiary/aromatic N) is 1. The van der Waals surface area contributed by atoms with Gasteiger partial charge in [-0.1, -0.05) is 18.2 Å². The molecule has 1 heterocycles. The molecule has 5 heteroatoms. The van der Waals surface area contributed by atoms with E-state index in [2.05, 4.69) is 0 Å². The second kappa shape index (κ2) is 7.75. The summed E-state index contributed by atoms with van der Waals surface area (Å²) in [5.41, 5.74) is 1.67. The van der Waals surface area contributed by atoms with Crippen LogP contribution < -0.4 is 19.1 Å². The first kappa shape index (κ1) is 16.9. The van der Waals surface area contributed by atoms with E-state index in [0.29, 0.717) is 31.3 Å². The summed E-state index contributed by atoms with van der Waals surface area (Å²) in [5, 5.41) is 0. The van der Waals surface area contributed by atoms with Crippen LogP contribution in [-0.4, -0.2) is 32.8 Å². The lowest BCUT2D eigenvalue weighted by atomic mass is 10.1. The highest BCUT2D eigenvalue weighted by Crippen LogP contribution is 2.31. The minimum atomic E-state index is -0.0800. The molecular weight excluding hydrogens is 318 g/mol. The lowest BCUT2D eigenvalue weighted by Crippen LogP contribution is -2.36. The fourth-order valence-corrected chi connectivity index (χ4v) is 2.72. The van der Waals surface area contributed by atoms with Crippen LogP contribution in [-0.2, 0) is 4.79 Å². The summed E-state index contributed by atoms with van der Waals surface area (Å²) >= 11 is 0. The topological polar surface area (TPSA) is 48.0 Å². The molecule has 0 fully saturated rings. The number of para-hydroxylation sites is 2. The number of hydrogen-bond acceptors (Lipinski definition) is 4. The average molecular weight is 339 g/mol. The maximum Gasteiger partial charge on any atom is 0.251 e. The van der Waals surface area contributed by atoms with Crippen molar-refractivity contribution >= 4 is 17.7 Å². The minimum Gasteiger partial charge on any atom is -0.493 e. The Bertz CT molecular complexity index is 785. The van der Waals surface area contributed by atoms with Crippen molar-refractivity contribution in [1.29, 1.82) is 0 Å². The van der Waals surface area contributed by atoms with E-state index in [1.807, 2.05) is 49.4 Å². The van der Waals surface area contributed by atoms with Crippen LogP contribution in [0.4, 0.5) is 5.69 Å². The number of fused-ring (bicyclic) bond motifs is 1. The molecule has 0 N–H and O–H groups in total. The van der Waals surface area contributed by atoms with E-state index in [1.54, 1.807) is 24.2 Å². The van der Waals surface area contributed by atoms with Crippen LogP contribution in [0, 0.1) is 0 Å². The van der Waals surface area contributed by atoms with Crippen molar-refractivity contribution < 1.29 is 19.0 Å². The molecule has 1 amide bonds. The van der Waals surface area contributed by atoms with Crippen molar-refractivity contribution in [2.24, 2.45) is 0 Å². The van der Waals surface area contributed by atoms with Crippen molar-refractivity contribution in [3.8, 4) is 17.2 Å². The molecule has 5 nitrogen and oxygen atoms in total. The van der Waals surface area contributed by atoms with Crippen LogP contribution in [0.5, 0.6) is 17.2 Å². The Kier molecular flexibility index (Phi) is 5.23. The number of rotatable bonds is 5. The molecular formula is C20H21NO4. The number of methoxy groups -OCH3 is 1. The third-order valence-corrected chi connectivity index (χ3v) is 3.90. The van der Waals surface area contributed by atoms with Crippen LogP contribution in [0.2, 0.25) is 0 Å². The monoisotopic (exact) mass is 339 g/mol. The molecule has 2 aromatic carbocycles. The first-order valence-electron chi connectivity index (χ1n) is 8.25. The van der Waals surface area contributed by atoms with Gasteiger partial charge in [0.1, 0.15) is 12.4 Å². The summed E-state index contributed by atoms with van der Waals surface area (Å²) in [7, 11) is 1.60. The minimum absolute atomic E-state index is 0.0800. The van der Waals surface area contributed by atoms with Crippen molar-refractivity contribution in [2.75, 3.05) is 31.8 Å². The summed E-state index contributed by atoms with van der Waals surface area (Å²) in [4.78, 5) is 14.3. The molecule has 25 heavy (non-hydrogen) atoms. The lowest BCUT2D eigenvalue weighted by Gasteiger charge is -2.28. The Morgan fingerprint density at radius 3 is 2.88 bits per heavy atom. The molecule has 0 atom stereocenters. The predicted molar refractivity (Wildman–Crippen MR) is 97.5 cm³/mol. The molecule has 2 aromatic rings. The maximum atomic E-state index is 12.6. The third kappa shape index (κ3) is 3.76. The van der Waals surface area contributed by atoms with E-state index in [-0.39, 0.29) is 5.91 Å². The molecule has 3 rings (SSSR count). The standard InChI is InChI=1S/C20H21NO4/c1-3-24-18-10-8-15(14-19(18)23-2)9-11-20(22)21-12-13-25-17-7-5-4-6-16(17)21/h4-11,14H,3,12-13H2,1-2H3/b11-9+. The van der Waals surface area contributed by atoms with Crippen molar-refractivity contribution in [2.45, 2.75) is 6.92 Å². The van der Waals surface area contributed by atoms with Gasteiger partial charge < -0.3 is 19.1 Å². The van der Waals surface area contributed by atoms with Crippen LogP contribution in [0.25, 0.3) is 6.08 Å². The fraction of sp³-hybridized carbons (Fsp3) is 0.250. The third-order valence-electron chi connectivity index (χ3n) is 3.90. The number of carbonyl (C=O) groups excluding carboxylic acids is 1. The first-order chi connectivity index (χ1) is 12.2. The van der Waals surface area contributed by atoms with Crippen molar-refractivity contribution in [3.05, 3.63) is 54.1 Å². The molecule has 0 radical (unpaired) electrons. The van der Waals surface area contributed by atoms with Gasteiger partial charge in [0.15, 0.2) is 11.5 Å². The summed E-state index contributed by atoms with van der Waals surface area (Å²) in [6.45, 7) is 3.52. The second-order valence-electron chi connectivity index (χ2n) is 5.48. The highest BCUT2D eigenvalue weighted by Gasteiger charge is 2.21. The molecule has 1 aliphatic heterocycles. The largest absolute Gasteiger partial charge is 0.493 e. The van der Waals surface area contributed by atoms with E-state index in [9.17, 15) is 4.79 Å². The van der Waals surface area contributed by atoms with Gasteiger partial charge in [0.25, 0.3) is 5.91 Å². The van der Waals surface area contributed by atoms with Gasteiger partial charge in [-0.05, 0) is 42.8 Å². The summed E-state index contributed by atoms with van der Waals surface area (Å²) in [6, 6.07) is 13.1. The van der Waals surface area contributed by atoms with Gasteiger partial charge in [-0.25, -0.2) is 0 Å². The predicted octanol–water partition coefficient (Wildman–Crippen LogP) is 3.53. The van der Waals surface area contributed by atoms with Gasteiger partial charge in [0, 0.05) is 6.08 Å². The second-order valence-corrected chi connectivity index (χ2v) is 5.48. The van der Waals surface area contributed by atoms with E-state index in [1.165, 1.54) is 0 Å². The first-order valence-corrected chi connectivity index (χ1v) is 8.25. The lowest BCUT2D eigenvalue weighted by molar-refractivity contribution is -0.114. The van der Waals surface area contributed by atoms with Gasteiger partial charge in [-0.3, -0.25) is 4.79 Å². The number of carbonyl (C=O) groups is 1. The van der Waals surface area contributed by atoms with Crippen LogP contribution in [0.1, 0.15) is 12.5 Å². The van der Waals surface area contributed by atoms with Crippen LogP contribution in [0.15, 0.2) is 48.5 Å².